The molecule has 0 heterocycles. The highest BCUT2D eigenvalue weighted by molar-refractivity contribution is 7.47. The van der Waals surface area contributed by atoms with Crippen LogP contribution in [0, 0.1) is 0 Å². The van der Waals surface area contributed by atoms with Gasteiger partial charge in [-0.15, -0.1) is 0 Å². The van der Waals surface area contributed by atoms with Gasteiger partial charge in [-0.25, -0.2) is 4.57 Å². The number of esters is 1. The lowest BCUT2D eigenvalue weighted by Gasteiger charge is -2.15. The van der Waals surface area contributed by atoms with E-state index < -0.39 is 26.5 Å². The molecule has 2 unspecified atom stereocenters. The normalized spacial score (nSPS) is 13.4. The zero-order chi connectivity index (χ0) is 41.1. The van der Waals surface area contributed by atoms with Gasteiger partial charge in [-0.3, -0.25) is 18.6 Å². The van der Waals surface area contributed by atoms with Gasteiger partial charge in [-0.05, 0) is 64.2 Å². The van der Waals surface area contributed by atoms with Crippen LogP contribution in [0.3, 0.4) is 0 Å². The molecule has 0 saturated carbocycles. The number of carbonyl (C=O) groups is 2. The summed E-state index contributed by atoms with van der Waals surface area (Å²) in [5.74, 6) is -0.519. The number of phosphoric acid groups is 1. The number of hydrogen-bond acceptors (Lipinski definition) is 7. The molecule has 0 aliphatic rings. The fraction of sp³-hybridized carbons (Fsp3) is 0.870. The number of amides is 1. The average molecular weight is 814 g/mol. The number of aliphatic hydroxyl groups is 1. The van der Waals surface area contributed by atoms with Crippen LogP contribution in [0.2, 0.25) is 0 Å². The second-order valence-electron chi connectivity index (χ2n) is 15.7. The van der Waals surface area contributed by atoms with E-state index in [9.17, 15) is 24.2 Å². The summed E-state index contributed by atoms with van der Waals surface area (Å²) in [7, 11) is -4.42. The van der Waals surface area contributed by atoms with Crippen molar-refractivity contribution in [1.82, 2.24) is 5.32 Å². The van der Waals surface area contributed by atoms with E-state index in [1.54, 1.807) is 0 Å². The number of allylic oxidation sites excluding steroid dienone is 4. The molecule has 0 fully saturated rings. The summed E-state index contributed by atoms with van der Waals surface area (Å²) in [5, 5.41) is 12.7. The summed E-state index contributed by atoms with van der Waals surface area (Å²) in [6, 6.07) is 0. The zero-order valence-corrected chi connectivity index (χ0v) is 37.2. The van der Waals surface area contributed by atoms with Gasteiger partial charge in [-0.2, -0.15) is 0 Å². The quantitative estimate of drug-likeness (QED) is 0.0240. The Kier molecular flexibility index (Phi) is 41.9. The summed E-state index contributed by atoms with van der Waals surface area (Å²) < 4.78 is 26.9. The molecular weight excluding hydrogens is 725 g/mol. The molecular formula is C46H88NO8P. The molecule has 1 amide bonds. The van der Waals surface area contributed by atoms with Gasteiger partial charge in [0, 0.05) is 19.4 Å². The molecule has 0 spiro atoms. The largest absolute Gasteiger partial charge is 0.472 e. The van der Waals surface area contributed by atoms with Crippen LogP contribution >= 0.6 is 7.82 Å². The number of phosphoric ester groups is 1. The monoisotopic (exact) mass is 814 g/mol. The molecule has 10 heteroatoms. The first-order valence-electron chi connectivity index (χ1n) is 23.3. The molecule has 330 valence electrons. The minimum atomic E-state index is -4.42. The predicted octanol–water partition coefficient (Wildman–Crippen LogP) is 13.2. The standard InChI is InChI=1S/C46H88NO8P/c1-3-5-7-9-11-13-15-17-19-21-23-24-26-28-30-32-34-36-38-45(49)47-40-41-54-56(51,52)55-43-44(48)42-53-46(50)39-37-35-33-31-29-27-25-22-20-18-16-14-12-10-8-6-4-2/h18-21,44,48H,3-17,22-43H2,1-2H3,(H,47,49)(H,51,52)/b20-18-,21-19-. The maximum Gasteiger partial charge on any atom is 0.472 e. The Morgan fingerprint density at radius 1 is 0.536 bits per heavy atom. The molecule has 0 aromatic rings. The number of hydrogen-bond donors (Lipinski definition) is 3. The summed E-state index contributed by atoms with van der Waals surface area (Å²) >= 11 is 0. The Morgan fingerprint density at radius 2 is 0.911 bits per heavy atom. The van der Waals surface area contributed by atoms with Crippen molar-refractivity contribution in [3.05, 3.63) is 24.3 Å². The van der Waals surface area contributed by atoms with Gasteiger partial charge >= 0.3 is 13.8 Å². The van der Waals surface area contributed by atoms with Crippen molar-refractivity contribution in [3.8, 4) is 0 Å². The molecule has 0 aromatic carbocycles. The summed E-state index contributed by atoms with van der Waals surface area (Å²) in [6.45, 7) is 3.56. The molecule has 2 atom stereocenters. The van der Waals surface area contributed by atoms with Crippen molar-refractivity contribution in [3.63, 3.8) is 0 Å². The van der Waals surface area contributed by atoms with Crippen molar-refractivity contribution in [2.75, 3.05) is 26.4 Å². The zero-order valence-electron chi connectivity index (χ0n) is 36.3. The fourth-order valence-electron chi connectivity index (χ4n) is 6.55. The molecule has 56 heavy (non-hydrogen) atoms. The minimum Gasteiger partial charge on any atom is -0.463 e. The lowest BCUT2D eigenvalue weighted by molar-refractivity contribution is -0.147. The average Bonchev–Trinajstić information content (AvgIpc) is 3.18. The Labute approximate surface area is 344 Å². The second kappa shape index (κ2) is 43.1. The minimum absolute atomic E-state index is 0.0808. The first kappa shape index (κ1) is 54.5. The first-order chi connectivity index (χ1) is 27.3. The topological polar surface area (TPSA) is 131 Å². The predicted molar refractivity (Wildman–Crippen MR) is 234 cm³/mol. The van der Waals surface area contributed by atoms with Crippen LogP contribution in [-0.4, -0.2) is 54.3 Å². The van der Waals surface area contributed by atoms with Crippen molar-refractivity contribution in [1.29, 1.82) is 0 Å². The van der Waals surface area contributed by atoms with E-state index in [2.05, 4.69) is 43.5 Å². The first-order valence-corrected chi connectivity index (χ1v) is 24.8. The number of carbonyl (C=O) groups excluding carboxylic acids is 2. The Bertz CT molecular complexity index is 975. The second-order valence-corrected chi connectivity index (χ2v) is 17.2. The molecule has 0 aromatic heterocycles. The lowest BCUT2D eigenvalue weighted by atomic mass is 10.1. The Morgan fingerprint density at radius 3 is 1.34 bits per heavy atom. The van der Waals surface area contributed by atoms with Crippen molar-refractivity contribution in [2.24, 2.45) is 0 Å². The van der Waals surface area contributed by atoms with Gasteiger partial charge < -0.3 is 20.1 Å². The fourth-order valence-corrected chi connectivity index (χ4v) is 7.30. The van der Waals surface area contributed by atoms with Crippen molar-refractivity contribution in [2.45, 2.75) is 232 Å². The number of ether oxygens (including phenoxy) is 1. The summed E-state index contributed by atoms with van der Waals surface area (Å²) in [4.78, 5) is 34.0. The third-order valence-electron chi connectivity index (χ3n) is 10.1. The van der Waals surface area contributed by atoms with E-state index in [1.807, 2.05) is 0 Å². The van der Waals surface area contributed by atoms with Gasteiger partial charge in [0.1, 0.15) is 12.7 Å². The maximum absolute atomic E-state index is 12.1. The van der Waals surface area contributed by atoms with E-state index in [-0.39, 0.29) is 32.1 Å². The molecule has 3 N–H and O–H groups in total. The lowest BCUT2D eigenvalue weighted by Crippen LogP contribution is -2.27. The number of unbranched alkanes of at least 4 members (excludes halogenated alkanes) is 27. The maximum atomic E-state index is 12.1. The smallest absolute Gasteiger partial charge is 0.463 e. The van der Waals surface area contributed by atoms with Crippen LogP contribution in [0.5, 0.6) is 0 Å². The highest BCUT2D eigenvalue weighted by Crippen LogP contribution is 2.42. The molecule has 0 radical (unpaired) electrons. The number of aliphatic hydroxyl groups excluding tert-OH is 1. The van der Waals surface area contributed by atoms with Crippen LogP contribution < -0.4 is 5.32 Å². The van der Waals surface area contributed by atoms with Gasteiger partial charge in [0.15, 0.2) is 0 Å². The molecule has 0 bridgehead atoms. The molecule has 0 saturated heterocycles. The van der Waals surface area contributed by atoms with Gasteiger partial charge in [0.25, 0.3) is 0 Å². The SMILES string of the molecule is CCCCCCCC/C=C\CCCCCCCCCC(=O)OCC(O)COP(=O)(O)OCCNC(=O)CCCCCCCCC/C=C\CCCCCCCCC. The molecule has 0 aliphatic carbocycles. The van der Waals surface area contributed by atoms with E-state index in [1.165, 1.54) is 161 Å². The van der Waals surface area contributed by atoms with E-state index in [0.29, 0.717) is 6.42 Å². The summed E-state index contributed by atoms with van der Waals surface area (Å²) in [5.41, 5.74) is 0. The highest BCUT2D eigenvalue weighted by atomic mass is 31.2. The highest BCUT2D eigenvalue weighted by Gasteiger charge is 2.23. The van der Waals surface area contributed by atoms with E-state index >= 15 is 0 Å². The van der Waals surface area contributed by atoms with Gasteiger partial charge in [-0.1, -0.05) is 173 Å². The van der Waals surface area contributed by atoms with Gasteiger partial charge in [0.2, 0.25) is 5.91 Å². The Hall–Kier alpha value is -1.51. The number of rotatable bonds is 44. The van der Waals surface area contributed by atoms with Crippen LogP contribution in [0.15, 0.2) is 24.3 Å². The summed E-state index contributed by atoms with van der Waals surface area (Å²) in [6.07, 6.45) is 46.8. The third-order valence-corrected chi connectivity index (χ3v) is 11.1. The van der Waals surface area contributed by atoms with Crippen molar-refractivity contribution < 1.29 is 37.9 Å². The molecule has 0 rings (SSSR count). The van der Waals surface area contributed by atoms with Crippen LogP contribution in [-0.2, 0) is 27.9 Å². The van der Waals surface area contributed by atoms with Crippen molar-refractivity contribution >= 4 is 19.7 Å². The van der Waals surface area contributed by atoms with Crippen LogP contribution in [0.1, 0.15) is 226 Å². The van der Waals surface area contributed by atoms with E-state index in [4.69, 9.17) is 13.8 Å². The number of nitrogens with one attached hydrogen (secondary N) is 1. The molecule has 0 aliphatic heterocycles. The molecule has 9 nitrogen and oxygen atoms in total. The Balaban J connectivity index is 3.58. The van der Waals surface area contributed by atoms with Crippen LogP contribution in [0.25, 0.3) is 0 Å². The van der Waals surface area contributed by atoms with E-state index in [0.717, 1.165) is 38.5 Å². The van der Waals surface area contributed by atoms with Crippen LogP contribution in [0.4, 0.5) is 0 Å². The third kappa shape index (κ3) is 43.6. The van der Waals surface area contributed by atoms with Gasteiger partial charge in [0.05, 0.1) is 13.2 Å².